The Kier molecular flexibility index (Phi) is 9.34. The number of nitrogens with one attached hydrogen (secondary N) is 2. The molecule has 0 aliphatic carbocycles. The van der Waals surface area contributed by atoms with Crippen molar-refractivity contribution >= 4 is 17.6 Å². The van der Waals surface area contributed by atoms with Crippen LogP contribution in [0.25, 0.3) is 0 Å². The summed E-state index contributed by atoms with van der Waals surface area (Å²) in [6.07, 6.45) is 2.00. The first-order valence-corrected chi connectivity index (χ1v) is 8.53. The Morgan fingerprint density at radius 3 is 2.38 bits per heavy atom. The maximum Gasteiger partial charge on any atom is 0.243 e. The highest BCUT2D eigenvalue weighted by molar-refractivity contribution is 5.84. The van der Waals surface area contributed by atoms with Crippen molar-refractivity contribution in [1.29, 1.82) is 0 Å². The number of hydrogen-bond donors (Lipinski definition) is 2. The fraction of sp³-hybridized carbons (Fsp3) is 0.556. The van der Waals surface area contributed by atoms with Gasteiger partial charge in [0.2, 0.25) is 5.91 Å². The summed E-state index contributed by atoms with van der Waals surface area (Å²) in [6.45, 7) is 4.86. The number of para-hydroxylation sites is 1. The van der Waals surface area contributed by atoms with Gasteiger partial charge in [0, 0.05) is 46.5 Å². The normalized spacial score (nSPS) is 11.1. The number of benzene rings is 1. The molecule has 1 aromatic carbocycles. The number of rotatable bonds is 9. The predicted octanol–water partition coefficient (Wildman–Crippen LogP) is 1.55. The molecule has 0 saturated carbocycles. The first-order valence-electron chi connectivity index (χ1n) is 8.53. The molecule has 0 unspecified atom stereocenters. The van der Waals surface area contributed by atoms with Gasteiger partial charge in [-0.25, -0.2) is 4.99 Å². The van der Waals surface area contributed by atoms with Crippen molar-refractivity contribution < 1.29 is 4.79 Å². The van der Waals surface area contributed by atoms with E-state index in [-0.39, 0.29) is 12.5 Å². The SMILES string of the molecule is CCCNC(=NCC(=O)N(C)C)NCCCN(C)c1ccccc1. The van der Waals surface area contributed by atoms with Crippen LogP contribution >= 0.6 is 0 Å². The van der Waals surface area contributed by atoms with Crippen molar-refractivity contribution in [1.82, 2.24) is 15.5 Å². The van der Waals surface area contributed by atoms with Gasteiger partial charge in [0.05, 0.1) is 0 Å². The summed E-state index contributed by atoms with van der Waals surface area (Å²) < 4.78 is 0. The van der Waals surface area contributed by atoms with E-state index in [4.69, 9.17) is 0 Å². The van der Waals surface area contributed by atoms with Gasteiger partial charge in [0.15, 0.2) is 5.96 Å². The first-order chi connectivity index (χ1) is 11.5. The standard InChI is InChI=1S/C18H31N5O/c1-5-12-19-18(21-15-17(24)22(2)3)20-13-9-14-23(4)16-10-7-6-8-11-16/h6-8,10-11H,5,9,12-15H2,1-4H3,(H2,19,20,21). The molecule has 1 aromatic rings. The maximum absolute atomic E-state index is 11.7. The number of likely N-dealkylation sites (N-methyl/N-ethyl adjacent to an activating group) is 1. The largest absolute Gasteiger partial charge is 0.375 e. The van der Waals surface area contributed by atoms with Crippen LogP contribution in [0.5, 0.6) is 0 Å². The minimum Gasteiger partial charge on any atom is -0.375 e. The molecular formula is C18H31N5O. The lowest BCUT2D eigenvalue weighted by molar-refractivity contribution is -0.127. The van der Waals surface area contributed by atoms with Crippen molar-refractivity contribution in [3.05, 3.63) is 30.3 Å². The average Bonchev–Trinajstić information content (AvgIpc) is 2.60. The third-order valence-electron chi connectivity index (χ3n) is 3.57. The summed E-state index contributed by atoms with van der Waals surface area (Å²) in [4.78, 5) is 19.8. The lowest BCUT2D eigenvalue weighted by atomic mass is 10.3. The summed E-state index contributed by atoms with van der Waals surface area (Å²) in [6, 6.07) is 10.3. The minimum atomic E-state index is -0.00332. The number of amides is 1. The molecule has 0 fully saturated rings. The molecule has 0 saturated heterocycles. The Balaban J connectivity index is 2.38. The number of carbonyl (C=O) groups is 1. The van der Waals surface area contributed by atoms with Crippen molar-refractivity contribution in [3.8, 4) is 0 Å². The molecule has 0 atom stereocenters. The van der Waals surface area contributed by atoms with Crippen LogP contribution in [0.1, 0.15) is 19.8 Å². The van der Waals surface area contributed by atoms with E-state index in [1.165, 1.54) is 5.69 Å². The van der Waals surface area contributed by atoms with Crippen molar-refractivity contribution in [2.24, 2.45) is 4.99 Å². The molecule has 0 aromatic heterocycles. The maximum atomic E-state index is 11.7. The number of aliphatic imine (C=N–C) groups is 1. The Hall–Kier alpha value is -2.24. The van der Waals surface area contributed by atoms with Crippen molar-refractivity contribution in [2.75, 3.05) is 52.2 Å². The van der Waals surface area contributed by atoms with Gasteiger partial charge in [0.25, 0.3) is 0 Å². The Labute approximate surface area is 145 Å². The molecule has 0 aliphatic rings. The van der Waals surface area contributed by atoms with E-state index < -0.39 is 0 Å². The second-order valence-corrected chi connectivity index (χ2v) is 5.92. The molecule has 0 spiro atoms. The molecule has 6 nitrogen and oxygen atoms in total. The zero-order valence-electron chi connectivity index (χ0n) is 15.4. The lowest BCUT2D eigenvalue weighted by Crippen LogP contribution is -2.40. The second kappa shape index (κ2) is 11.3. The average molecular weight is 333 g/mol. The van der Waals surface area contributed by atoms with Gasteiger partial charge in [-0.1, -0.05) is 25.1 Å². The summed E-state index contributed by atoms with van der Waals surface area (Å²) >= 11 is 0. The van der Waals surface area contributed by atoms with Crippen molar-refractivity contribution in [3.63, 3.8) is 0 Å². The van der Waals surface area contributed by atoms with E-state index in [1.807, 2.05) is 18.2 Å². The van der Waals surface area contributed by atoms with Gasteiger partial charge in [-0.05, 0) is 25.0 Å². The number of anilines is 1. The summed E-state index contributed by atoms with van der Waals surface area (Å²) in [5, 5.41) is 6.54. The molecule has 134 valence electrons. The lowest BCUT2D eigenvalue weighted by Gasteiger charge is -2.19. The van der Waals surface area contributed by atoms with E-state index in [0.29, 0.717) is 5.96 Å². The molecule has 24 heavy (non-hydrogen) atoms. The Morgan fingerprint density at radius 2 is 1.75 bits per heavy atom. The second-order valence-electron chi connectivity index (χ2n) is 5.92. The molecule has 0 heterocycles. The third kappa shape index (κ3) is 7.85. The van der Waals surface area contributed by atoms with E-state index in [1.54, 1.807) is 19.0 Å². The number of nitrogens with zero attached hydrogens (tertiary/aromatic N) is 3. The first kappa shape index (κ1) is 19.8. The smallest absolute Gasteiger partial charge is 0.243 e. The molecule has 2 N–H and O–H groups in total. The molecule has 0 bridgehead atoms. The van der Waals surface area contributed by atoms with Crippen LogP contribution in [0.3, 0.4) is 0 Å². The highest BCUT2D eigenvalue weighted by Gasteiger charge is 2.04. The van der Waals surface area contributed by atoms with Crippen LogP contribution < -0.4 is 15.5 Å². The molecule has 1 amide bonds. The van der Waals surface area contributed by atoms with Crippen LogP contribution in [-0.4, -0.2) is 64.1 Å². The number of hydrogen-bond acceptors (Lipinski definition) is 3. The molecule has 1 rings (SSSR count). The highest BCUT2D eigenvalue weighted by Crippen LogP contribution is 2.10. The zero-order valence-corrected chi connectivity index (χ0v) is 15.4. The van der Waals surface area contributed by atoms with Crippen molar-refractivity contribution in [2.45, 2.75) is 19.8 Å². The summed E-state index contributed by atoms with van der Waals surface area (Å²) in [7, 11) is 5.57. The molecule has 6 heteroatoms. The highest BCUT2D eigenvalue weighted by atomic mass is 16.2. The number of carbonyl (C=O) groups excluding carboxylic acids is 1. The Morgan fingerprint density at radius 1 is 1.08 bits per heavy atom. The van der Waals surface area contributed by atoms with E-state index in [2.05, 4.69) is 46.6 Å². The topological polar surface area (TPSA) is 60.0 Å². The molecule has 0 radical (unpaired) electrons. The monoisotopic (exact) mass is 333 g/mol. The van der Waals surface area contributed by atoms with Crippen LogP contribution in [0.15, 0.2) is 35.3 Å². The van der Waals surface area contributed by atoms with Gasteiger partial charge in [0.1, 0.15) is 6.54 Å². The van der Waals surface area contributed by atoms with Gasteiger partial charge < -0.3 is 20.4 Å². The van der Waals surface area contributed by atoms with Gasteiger partial charge in [-0.3, -0.25) is 4.79 Å². The molecule has 0 aliphatic heterocycles. The quantitative estimate of drug-likeness (QED) is 0.409. The molecular weight excluding hydrogens is 302 g/mol. The number of guanidine groups is 1. The van der Waals surface area contributed by atoms with Crippen LogP contribution in [0.4, 0.5) is 5.69 Å². The summed E-state index contributed by atoms with van der Waals surface area (Å²) in [5.74, 6) is 0.700. The fourth-order valence-corrected chi connectivity index (χ4v) is 2.04. The van der Waals surface area contributed by atoms with Gasteiger partial charge >= 0.3 is 0 Å². The van der Waals surface area contributed by atoms with E-state index >= 15 is 0 Å². The van der Waals surface area contributed by atoms with E-state index in [9.17, 15) is 4.79 Å². The van der Waals surface area contributed by atoms with E-state index in [0.717, 1.165) is 32.5 Å². The Bertz CT molecular complexity index is 501. The predicted molar refractivity (Wildman–Crippen MR) is 102 cm³/mol. The fourth-order valence-electron chi connectivity index (χ4n) is 2.04. The zero-order chi connectivity index (χ0) is 17.8. The summed E-state index contributed by atoms with van der Waals surface area (Å²) in [5.41, 5.74) is 1.21. The van der Waals surface area contributed by atoms with Gasteiger partial charge in [-0.2, -0.15) is 0 Å². The third-order valence-corrected chi connectivity index (χ3v) is 3.57. The van der Waals surface area contributed by atoms with Gasteiger partial charge in [-0.15, -0.1) is 0 Å². The van der Waals surface area contributed by atoms with Crippen LogP contribution in [-0.2, 0) is 4.79 Å². The van der Waals surface area contributed by atoms with Crippen LogP contribution in [0.2, 0.25) is 0 Å². The van der Waals surface area contributed by atoms with Crippen LogP contribution in [0, 0.1) is 0 Å². The minimum absolute atomic E-state index is 0.00332.